The molecule has 1 N–H and O–H groups in total. The monoisotopic (exact) mass is 191 g/mol. The number of carbonyl (C=O) groups is 1. The summed E-state index contributed by atoms with van der Waals surface area (Å²) in [6.45, 7) is 0.418. The van der Waals surface area contributed by atoms with Crippen molar-refractivity contribution in [3.8, 4) is 0 Å². The molecule has 0 saturated carbocycles. The number of alkyl halides is 1. The molecule has 1 aliphatic heterocycles. The van der Waals surface area contributed by atoms with Gasteiger partial charge in [0, 0.05) is 12.6 Å². The van der Waals surface area contributed by atoms with Crippen LogP contribution in [0.15, 0.2) is 0 Å². The maximum atomic E-state index is 12.0. The van der Waals surface area contributed by atoms with Crippen molar-refractivity contribution < 1.29 is 19.0 Å². The molecule has 4 nitrogen and oxygen atoms in total. The van der Waals surface area contributed by atoms with Crippen LogP contribution in [0.3, 0.4) is 0 Å². The molecule has 0 aromatic rings. The van der Waals surface area contributed by atoms with E-state index in [9.17, 15) is 9.18 Å². The zero-order chi connectivity index (χ0) is 9.84. The molecule has 1 saturated heterocycles. The van der Waals surface area contributed by atoms with E-state index in [4.69, 9.17) is 9.84 Å². The van der Waals surface area contributed by atoms with Gasteiger partial charge >= 0.3 is 5.97 Å². The highest BCUT2D eigenvalue weighted by molar-refractivity contribution is 5.71. The first kappa shape index (κ1) is 10.4. The lowest BCUT2D eigenvalue weighted by molar-refractivity contribution is -0.143. The number of likely N-dealkylation sites (N-methyl/N-ethyl adjacent to an activating group) is 1. The van der Waals surface area contributed by atoms with E-state index >= 15 is 0 Å². The van der Waals surface area contributed by atoms with Gasteiger partial charge in [-0.25, -0.2) is 4.39 Å². The van der Waals surface area contributed by atoms with E-state index < -0.39 is 18.6 Å². The minimum atomic E-state index is -0.867. The molecule has 1 rings (SSSR count). The third-order valence-electron chi connectivity index (χ3n) is 2.37. The minimum Gasteiger partial charge on any atom is -0.481 e. The van der Waals surface area contributed by atoms with Crippen LogP contribution in [0.5, 0.6) is 0 Å². The van der Waals surface area contributed by atoms with E-state index in [1.165, 1.54) is 0 Å². The number of carboxylic acid groups (broad SMARTS) is 1. The van der Waals surface area contributed by atoms with E-state index in [0.717, 1.165) is 0 Å². The summed E-state index contributed by atoms with van der Waals surface area (Å²) in [7, 11) is 1.72. The van der Waals surface area contributed by atoms with Gasteiger partial charge in [-0.1, -0.05) is 0 Å². The second-order valence-electron chi connectivity index (χ2n) is 3.22. The van der Waals surface area contributed by atoms with Crippen molar-refractivity contribution in [3.63, 3.8) is 0 Å². The Bertz CT molecular complexity index is 188. The molecular weight excluding hydrogens is 177 g/mol. The van der Waals surface area contributed by atoms with Gasteiger partial charge in [0.25, 0.3) is 0 Å². The Balaban J connectivity index is 2.52. The highest BCUT2D eigenvalue weighted by atomic mass is 19.1. The zero-order valence-electron chi connectivity index (χ0n) is 7.57. The van der Waals surface area contributed by atoms with E-state index in [-0.39, 0.29) is 19.2 Å². The molecule has 2 atom stereocenters. The topological polar surface area (TPSA) is 49.8 Å². The zero-order valence-corrected chi connectivity index (χ0v) is 7.57. The molecule has 76 valence electrons. The molecule has 1 aliphatic rings. The smallest absolute Gasteiger partial charge is 0.310 e. The molecule has 0 spiro atoms. The Morgan fingerprint density at radius 2 is 2.38 bits per heavy atom. The third kappa shape index (κ3) is 2.38. The van der Waals surface area contributed by atoms with Gasteiger partial charge in [-0.3, -0.25) is 9.69 Å². The number of nitrogens with zero attached hydrogens (tertiary/aromatic N) is 1. The summed E-state index contributed by atoms with van der Waals surface area (Å²) < 4.78 is 17.0. The second-order valence-corrected chi connectivity index (χ2v) is 3.22. The summed E-state index contributed by atoms with van der Waals surface area (Å²) in [5.41, 5.74) is 0. The summed E-state index contributed by atoms with van der Waals surface area (Å²) in [5, 5.41) is 8.80. The fourth-order valence-corrected chi connectivity index (χ4v) is 1.51. The normalized spacial score (nSPS) is 28.2. The molecule has 13 heavy (non-hydrogen) atoms. The molecule has 0 radical (unpaired) electrons. The fraction of sp³-hybridized carbons (Fsp3) is 0.875. The summed E-state index contributed by atoms with van der Waals surface area (Å²) >= 11 is 0. The fourth-order valence-electron chi connectivity index (χ4n) is 1.51. The number of carboxylic acids is 1. The number of hydrogen-bond acceptors (Lipinski definition) is 3. The van der Waals surface area contributed by atoms with Crippen LogP contribution < -0.4 is 0 Å². The summed E-state index contributed by atoms with van der Waals surface area (Å²) in [5.74, 6) is -1.38. The SMILES string of the molecule is CN(CCF)C1COCC1C(=O)O. The standard InChI is InChI=1S/C8H14FNO3/c1-10(3-2-9)7-5-13-4-6(7)8(11)12/h6-7H,2-5H2,1H3,(H,11,12). The summed E-state index contributed by atoms with van der Waals surface area (Å²) in [4.78, 5) is 12.4. The molecule has 5 heteroatoms. The van der Waals surface area contributed by atoms with E-state index in [0.29, 0.717) is 6.61 Å². The van der Waals surface area contributed by atoms with Crippen LogP contribution in [-0.2, 0) is 9.53 Å². The third-order valence-corrected chi connectivity index (χ3v) is 2.37. The van der Waals surface area contributed by atoms with Gasteiger partial charge in [-0.05, 0) is 7.05 Å². The van der Waals surface area contributed by atoms with E-state index in [1.54, 1.807) is 11.9 Å². The molecule has 2 unspecified atom stereocenters. The van der Waals surface area contributed by atoms with Crippen LogP contribution in [0, 0.1) is 5.92 Å². The Labute approximate surface area is 76.3 Å². The maximum absolute atomic E-state index is 12.0. The van der Waals surface area contributed by atoms with E-state index in [1.807, 2.05) is 0 Å². The number of halogens is 1. The van der Waals surface area contributed by atoms with Gasteiger partial charge in [-0.15, -0.1) is 0 Å². The molecule has 1 fully saturated rings. The highest BCUT2D eigenvalue weighted by Gasteiger charge is 2.36. The predicted octanol–water partition coefficient (Wildman–Crippen LogP) is -0.0127. The van der Waals surface area contributed by atoms with Gasteiger partial charge in [0.1, 0.15) is 6.67 Å². The average Bonchev–Trinajstić information content (AvgIpc) is 2.52. The highest BCUT2D eigenvalue weighted by Crippen LogP contribution is 2.18. The Morgan fingerprint density at radius 1 is 1.69 bits per heavy atom. The lowest BCUT2D eigenvalue weighted by atomic mass is 10.0. The molecule has 0 amide bonds. The van der Waals surface area contributed by atoms with Crippen molar-refractivity contribution in [1.29, 1.82) is 0 Å². The first-order valence-corrected chi connectivity index (χ1v) is 4.23. The number of rotatable bonds is 4. The summed E-state index contributed by atoms with van der Waals surface area (Å²) in [6, 6.07) is -0.187. The lowest BCUT2D eigenvalue weighted by Crippen LogP contribution is -2.41. The van der Waals surface area contributed by atoms with Crippen LogP contribution in [-0.4, -0.2) is 55.5 Å². The van der Waals surface area contributed by atoms with Gasteiger partial charge in [0.15, 0.2) is 0 Å². The van der Waals surface area contributed by atoms with Crippen LogP contribution in [0.4, 0.5) is 4.39 Å². The molecular formula is C8H14FNO3. The van der Waals surface area contributed by atoms with Crippen molar-refractivity contribution in [2.45, 2.75) is 6.04 Å². The number of aliphatic carboxylic acids is 1. The van der Waals surface area contributed by atoms with E-state index in [2.05, 4.69) is 0 Å². The Hall–Kier alpha value is -0.680. The predicted molar refractivity (Wildman–Crippen MR) is 44.3 cm³/mol. The summed E-state index contributed by atoms with van der Waals surface area (Å²) in [6.07, 6.45) is 0. The van der Waals surface area contributed by atoms with Crippen molar-refractivity contribution >= 4 is 5.97 Å². The minimum absolute atomic E-state index is 0.187. The van der Waals surface area contributed by atoms with Crippen molar-refractivity contribution in [2.75, 3.05) is 33.5 Å². The Kier molecular flexibility index (Phi) is 3.62. The molecule has 0 aromatic carbocycles. The van der Waals surface area contributed by atoms with Gasteiger partial charge in [0.05, 0.1) is 19.1 Å². The molecule has 1 heterocycles. The van der Waals surface area contributed by atoms with Gasteiger partial charge in [-0.2, -0.15) is 0 Å². The van der Waals surface area contributed by atoms with Crippen molar-refractivity contribution in [2.24, 2.45) is 5.92 Å². The largest absolute Gasteiger partial charge is 0.481 e. The van der Waals surface area contributed by atoms with Crippen LogP contribution >= 0.6 is 0 Å². The number of hydrogen-bond donors (Lipinski definition) is 1. The number of ether oxygens (including phenoxy) is 1. The Morgan fingerprint density at radius 3 is 2.92 bits per heavy atom. The molecule has 0 bridgehead atoms. The molecule has 0 aliphatic carbocycles. The first-order chi connectivity index (χ1) is 6.16. The van der Waals surface area contributed by atoms with Crippen LogP contribution in [0.25, 0.3) is 0 Å². The molecule has 0 aromatic heterocycles. The van der Waals surface area contributed by atoms with Crippen LogP contribution in [0.2, 0.25) is 0 Å². The van der Waals surface area contributed by atoms with Gasteiger partial charge in [0.2, 0.25) is 0 Å². The lowest BCUT2D eigenvalue weighted by Gasteiger charge is -2.24. The van der Waals surface area contributed by atoms with Gasteiger partial charge < -0.3 is 9.84 Å². The quantitative estimate of drug-likeness (QED) is 0.679. The average molecular weight is 191 g/mol. The van der Waals surface area contributed by atoms with Crippen LogP contribution in [0.1, 0.15) is 0 Å². The second kappa shape index (κ2) is 4.53. The first-order valence-electron chi connectivity index (χ1n) is 4.23. The van der Waals surface area contributed by atoms with Crippen molar-refractivity contribution in [3.05, 3.63) is 0 Å². The van der Waals surface area contributed by atoms with Crippen molar-refractivity contribution in [1.82, 2.24) is 4.90 Å². The maximum Gasteiger partial charge on any atom is 0.310 e.